The van der Waals surface area contributed by atoms with Crippen LogP contribution in [0.1, 0.15) is 28.4 Å². The second-order valence-corrected chi connectivity index (χ2v) is 9.42. The van der Waals surface area contributed by atoms with Gasteiger partial charge >= 0.3 is 6.18 Å². The molecular formula is C25H16ClF3N4S. The van der Waals surface area contributed by atoms with Crippen molar-refractivity contribution in [1.29, 1.82) is 0 Å². The molecule has 2 aliphatic heterocycles. The molecule has 6 rings (SSSR count). The van der Waals surface area contributed by atoms with Crippen LogP contribution >= 0.6 is 23.4 Å². The minimum atomic E-state index is -4.53. The van der Waals surface area contributed by atoms with Crippen LogP contribution in [0.25, 0.3) is 5.69 Å². The van der Waals surface area contributed by atoms with E-state index in [1.807, 2.05) is 48.5 Å². The Balaban J connectivity index is 1.65. The molecule has 0 amide bonds. The number of para-hydroxylation sites is 2. The number of fused-ring (bicyclic) bond motifs is 4. The van der Waals surface area contributed by atoms with Crippen molar-refractivity contribution >= 4 is 40.0 Å². The number of thioether (sulfide) groups is 1. The first kappa shape index (κ1) is 21.3. The van der Waals surface area contributed by atoms with Crippen LogP contribution in [-0.4, -0.2) is 14.9 Å². The average molecular weight is 497 g/mol. The number of amidine groups is 1. The molecule has 3 aromatic carbocycles. The van der Waals surface area contributed by atoms with E-state index in [0.29, 0.717) is 21.7 Å². The summed E-state index contributed by atoms with van der Waals surface area (Å²) in [4.78, 5) is 7.96. The third kappa shape index (κ3) is 3.16. The van der Waals surface area contributed by atoms with Gasteiger partial charge in [-0.25, -0.2) is 9.67 Å². The average Bonchev–Trinajstić information content (AvgIpc) is 3.35. The number of aromatic nitrogens is 2. The van der Waals surface area contributed by atoms with Crippen LogP contribution in [0.15, 0.2) is 82.7 Å². The Morgan fingerprint density at radius 2 is 1.59 bits per heavy atom. The van der Waals surface area contributed by atoms with E-state index in [1.165, 1.54) is 28.6 Å². The Morgan fingerprint density at radius 3 is 2.35 bits per heavy atom. The Labute approximate surface area is 202 Å². The largest absolute Gasteiger partial charge is 0.418 e. The van der Waals surface area contributed by atoms with Crippen molar-refractivity contribution in [3.63, 3.8) is 0 Å². The number of aliphatic imine (C=N–C) groups is 1. The number of hydrogen-bond acceptors (Lipinski definition) is 4. The number of nitrogens with zero attached hydrogens (tertiary/aromatic N) is 4. The summed E-state index contributed by atoms with van der Waals surface area (Å²) in [5, 5.41) is 5.79. The number of halogens is 4. The van der Waals surface area contributed by atoms with E-state index in [2.05, 4.69) is 10.00 Å². The summed E-state index contributed by atoms with van der Waals surface area (Å²) in [6.07, 6.45) is -4.53. The SMILES string of the molecule is Cc1nn(-c2ccccc2C(F)(F)F)c2c1C(c1ccccc1Cl)N1C(=N2)Sc2ccccc21. The number of rotatable bonds is 2. The topological polar surface area (TPSA) is 33.4 Å². The fraction of sp³-hybridized carbons (Fsp3) is 0.120. The van der Waals surface area contributed by atoms with E-state index in [0.717, 1.165) is 27.8 Å². The molecule has 9 heteroatoms. The zero-order valence-corrected chi connectivity index (χ0v) is 19.3. The summed E-state index contributed by atoms with van der Waals surface area (Å²) in [7, 11) is 0. The zero-order valence-electron chi connectivity index (χ0n) is 17.7. The first-order chi connectivity index (χ1) is 16.3. The van der Waals surface area contributed by atoms with E-state index < -0.39 is 11.7 Å². The second kappa shape index (κ2) is 7.65. The van der Waals surface area contributed by atoms with Crippen molar-refractivity contribution in [1.82, 2.24) is 9.78 Å². The molecule has 0 N–H and O–H groups in total. The van der Waals surface area contributed by atoms with Crippen LogP contribution in [0, 0.1) is 6.92 Å². The molecule has 0 fully saturated rings. The van der Waals surface area contributed by atoms with Gasteiger partial charge < -0.3 is 4.90 Å². The predicted octanol–water partition coefficient (Wildman–Crippen LogP) is 7.56. The standard InChI is InChI=1S/C25H16ClF3N4S/c1-14-21-22(15-8-2-4-10-17(15)26)32-19-12-6-7-13-20(19)34-24(32)30-23(21)33(31-14)18-11-5-3-9-16(18)25(27,28)29/h2-13,22H,1H3. The van der Waals surface area contributed by atoms with Gasteiger partial charge in [-0.05, 0) is 54.6 Å². The van der Waals surface area contributed by atoms with Crippen molar-refractivity contribution in [2.24, 2.45) is 4.99 Å². The fourth-order valence-corrected chi connectivity index (χ4v) is 5.84. The van der Waals surface area contributed by atoms with Gasteiger partial charge in [0.1, 0.15) is 0 Å². The summed E-state index contributed by atoms with van der Waals surface area (Å²) in [5.74, 6) is 0.380. The van der Waals surface area contributed by atoms with Gasteiger partial charge in [-0.1, -0.05) is 54.1 Å². The van der Waals surface area contributed by atoms with Crippen LogP contribution in [0.3, 0.4) is 0 Å². The van der Waals surface area contributed by atoms with Gasteiger partial charge in [-0.15, -0.1) is 0 Å². The highest BCUT2D eigenvalue weighted by Crippen LogP contribution is 2.53. The van der Waals surface area contributed by atoms with E-state index in [4.69, 9.17) is 16.6 Å². The Hall–Kier alpha value is -3.23. The molecule has 0 aliphatic carbocycles. The predicted molar refractivity (Wildman–Crippen MR) is 128 cm³/mol. The van der Waals surface area contributed by atoms with E-state index >= 15 is 0 Å². The van der Waals surface area contributed by atoms with Crippen LogP contribution < -0.4 is 4.90 Å². The quantitative estimate of drug-likeness (QED) is 0.287. The Morgan fingerprint density at radius 1 is 0.912 bits per heavy atom. The summed E-state index contributed by atoms with van der Waals surface area (Å²) in [5.41, 5.74) is 2.31. The molecule has 0 saturated heterocycles. The highest BCUT2D eigenvalue weighted by molar-refractivity contribution is 8.14. The van der Waals surface area contributed by atoms with Gasteiger partial charge in [0.05, 0.1) is 28.7 Å². The molecule has 170 valence electrons. The molecule has 0 spiro atoms. The fourth-order valence-electron chi connectivity index (χ4n) is 4.55. The number of benzene rings is 3. The lowest BCUT2D eigenvalue weighted by Crippen LogP contribution is -2.34. The maximum absolute atomic E-state index is 13.9. The monoisotopic (exact) mass is 496 g/mol. The van der Waals surface area contributed by atoms with Gasteiger partial charge in [-0.3, -0.25) is 0 Å². The van der Waals surface area contributed by atoms with E-state index in [1.54, 1.807) is 13.0 Å². The molecule has 1 aromatic heterocycles. The summed E-state index contributed by atoms with van der Waals surface area (Å²) < 4.78 is 42.9. The molecule has 4 nitrogen and oxygen atoms in total. The van der Waals surface area contributed by atoms with Crippen molar-refractivity contribution in [2.75, 3.05) is 4.90 Å². The maximum atomic E-state index is 13.9. The summed E-state index contributed by atoms with van der Waals surface area (Å²) in [6, 6.07) is 20.5. The Bertz CT molecular complexity index is 1480. The molecule has 0 saturated carbocycles. The molecule has 0 radical (unpaired) electrons. The van der Waals surface area contributed by atoms with Gasteiger partial charge in [0, 0.05) is 15.5 Å². The smallest absolute Gasteiger partial charge is 0.308 e. The lowest BCUT2D eigenvalue weighted by molar-refractivity contribution is -0.137. The van der Waals surface area contributed by atoms with Crippen LogP contribution in [-0.2, 0) is 6.18 Å². The third-order valence-corrected chi connectivity index (χ3v) is 7.36. The minimum Gasteiger partial charge on any atom is -0.308 e. The first-order valence-corrected chi connectivity index (χ1v) is 11.7. The molecule has 1 unspecified atom stereocenters. The summed E-state index contributed by atoms with van der Waals surface area (Å²) in [6.45, 7) is 1.80. The van der Waals surface area contributed by atoms with E-state index in [-0.39, 0.29) is 11.7 Å². The third-order valence-electron chi connectivity index (χ3n) is 5.98. The number of alkyl halides is 3. The van der Waals surface area contributed by atoms with Gasteiger partial charge in [0.25, 0.3) is 0 Å². The normalized spacial score (nSPS) is 16.7. The number of anilines is 1. The van der Waals surface area contributed by atoms with Gasteiger partial charge in [0.2, 0.25) is 0 Å². The van der Waals surface area contributed by atoms with Gasteiger partial charge in [-0.2, -0.15) is 18.3 Å². The number of aryl methyl sites for hydroxylation is 1. The van der Waals surface area contributed by atoms with Crippen LogP contribution in [0.5, 0.6) is 0 Å². The van der Waals surface area contributed by atoms with Crippen molar-refractivity contribution < 1.29 is 13.2 Å². The summed E-state index contributed by atoms with van der Waals surface area (Å²) >= 11 is 8.13. The molecule has 4 aromatic rings. The molecule has 34 heavy (non-hydrogen) atoms. The number of hydrogen-bond donors (Lipinski definition) is 0. The molecular weight excluding hydrogens is 481 g/mol. The first-order valence-electron chi connectivity index (χ1n) is 10.5. The molecule has 0 bridgehead atoms. The highest BCUT2D eigenvalue weighted by atomic mass is 35.5. The van der Waals surface area contributed by atoms with E-state index in [9.17, 15) is 13.2 Å². The van der Waals surface area contributed by atoms with Crippen LogP contribution in [0.4, 0.5) is 24.7 Å². The minimum absolute atomic E-state index is 0.0597. The zero-order chi connectivity index (χ0) is 23.6. The van der Waals surface area contributed by atoms with Crippen molar-refractivity contribution in [2.45, 2.75) is 24.0 Å². The second-order valence-electron chi connectivity index (χ2n) is 8.01. The van der Waals surface area contributed by atoms with Crippen molar-refractivity contribution in [3.05, 3.63) is 100 Å². The van der Waals surface area contributed by atoms with Crippen LogP contribution in [0.2, 0.25) is 5.02 Å². The lowest BCUT2D eigenvalue weighted by Gasteiger charge is -2.34. The Kier molecular flexibility index (Phi) is 4.79. The maximum Gasteiger partial charge on any atom is 0.418 e. The van der Waals surface area contributed by atoms with Gasteiger partial charge in [0.15, 0.2) is 11.0 Å². The molecule has 3 heterocycles. The molecule has 2 aliphatic rings. The van der Waals surface area contributed by atoms with Crippen molar-refractivity contribution in [3.8, 4) is 5.69 Å². The lowest BCUT2D eigenvalue weighted by atomic mass is 9.95. The highest BCUT2D eigenvalue weighted by Gasteiger charge is 2.43. The molecule has 1 atom stereocenters.